The average Bonchev–Trinajstić information content (AvgIpc) is 2.80. The van der Waals surface area contributed by atoms with Crippen LogP contribution < -0.4 is 22.5 Å². The van der Waals surface area contributed by atoms with Crippen LogP contribution in [-0.2, 0) is 20.9 Å². The van der Waals surface area contributed by atoms with Gasteiger partial charge in [0.15, 0.2) is 6.10 Å². The first kappa shape index (κ1) is 38.7. The van der Waals surface area contributed by atoms with Crippen LogP contribution in [0.1, 0.15) is 71.8 Å². The lowest BCUT2D eigenvalue weighted by atomic mass is 9.75. The number of hydrogen-bond acceptors (Lipinski definition) is 9. The van der Waals surface area contributed by atoms with Crippen molar-refractivity contribution in [2.24, 2.45) is 17.2 Å². The van der Waals surface area contributed by atoms with Crippen LogP contribution in [0.5, 0.6) is 0 Å². The number of nitrogens with one attached hydrogen (secondary N) is 1. The highest BCUT2D eigenvalue weighted by atomic mass is 35.5. The highest BCUT2D eigenvalue weighted by Gasteiger charge is 2.40. The summed E-state index contributed by atoms with van der Waals surface area (Å²) in [5.74, 6) is -1.79. The van der Waals surface area contributed by atoms with Crippen molar-refractivity contribution in [2.75, 3.05) is 0 Å². The van der Waals surface area contributed by atoms with Gasteiger partial charge in [-0.1, -0.05) is 45.2 Å². The number of carbonyl (C=O) groups excluding carboxylic acids is 3. The van der Waals surface area contributed by atoms with E-state index in [9.17, 15) is 29.7 Å². The predicted molar refractivity (Wildman–Crippen MR) is 149 cm³/mol. The summed E-state index contributed by atoms with van der Waals surface area (Å²) in [6, 6.07) is 7.36. The van der Waals surface area contributed by atoms with Gasteiger partial charge in [0.2, 0.25) is 11.8 Å². The van der Waals surface area contributed by atoms with Crippen molar-refractivity contribution in [3.05, 3.63) is 35.9 Å². The molecule has 4 unspecified atom stereocenters. The number of ether oxygens (including phenoxy) is 1. The van der Waals surface area contributed by atoms with Crippen molar-refractivity contribution in [3.8, 4) is 0 Å². The maximum Gasteiger partial charge on any atom is 0.407 e. The maximum absolute atomic E-state index is 11.9. The Hall–Kier alpha value is -2.48. The van der Waals surface area contributed by atoms with E-state index >= 15 is 0 Å². The molecule has 2 aliphatic rings. The number of amides is 3. The van der Waals surface area contributed by atoms with Crippen molar-refractivity contribution < 1.29 is 39.5 Å². The summed E-state index contributed by atoms with van der Waals surface area (Å²) in [6.07, 6.45) is 0.915. The molecular formula is C26H47ClN4O8. The number of aliphatic hydroxyl groups excluding tert-OH is 2. The fraction of sp³-hybridized carbons (Fsp3) is 0.654. The Morgan fingerprint density at radius 1 is 0.872 bits per heavy atom. The zero-order valence-corrected chi connectivity index (χ0v) is 21.4. The van der Waals surface area contributed by atoms with E-state index in [4.69, 9.17) is 27.0 Å². The molecule has 2 saturated carbocycles. The van der Waals surface area contributed by atoms with Gasteiger partial charge in [-0.25, -0.2) is 4.79 Å². The van der Waals surface area contributed by atoms with Crippen LogP contribution in [0.3, 0.4) is 0 Å². The third-order valence-corrected chi connectivity index (χ3v) is 6.67. The van der Waals surface area contributed by atoms with Gasteiger partial charge < -0.3 is 47.7 Å². The molecule has 4 atom stereocenters. The minimum Gasteiger partial charge on any atom is -0.445 e. The molecule has 3 amide bonds. The molecule has 1 aromatic rings. The lowest BCUT2D eigenvalue weighted by Crippen LogP contribution is -2.54. The van der Waals surface area contributed by atoms with Crippen molar-refractivity contribution in [1.29, 1.82) is 0 Å². The number of hydrogen-bond donors (Lipinski definition) is 8. The highest BCUT2D eigenvalue weighted by molar-refractivity contribution is 5.85. The first-order valence-electron chi connectivity index (χ1n) is 12.0. The normalized spacial score (nSPS) is 19.0. The lowest BCUT2D eigenvalue weighted by molar-refractivity contribution is -0.129. The number of aliphatic hydroxyl groups is 4. The molecule has 0 spiro atoms. The molecule has 0 radical (unpaired) electrons. The molecule has 2 fully saturated rings. The lowest BCUT2D eigenvalue weighted by Gasteiger charge is -2.39. The largest absolute Gasteiger partial charge is 0.445 e. The average molecular weight is 579 g/mol. The molecule has 39 heavy (non-hydrogen) atoms. The monoisotopic (exact) mass is 578 g/mol. The molecule has 3 rings (SSSR count). The predicted octanol–water partition coefficient (Wildman–Crippen LogP) is 0.592. The Balaban J connectivity index is 0. The minimum absolute atomic E-state index is 0. The molecule has 13 heteroatoms. The number of carbonyl (C=O) groups is 3. The van der Waals surface area contributed by atoms with Gasteiger partial charge in [0, 0.05) is 6.04 Å². The van der Waals surface area contributed by atoms with E-state index < -0.39 is 53.4 Å². The molecule has 0 aliphatic heterocycles. The topological polar surface area (TPSA) is 231 Å². The number of nitrogens with two attached hydrogens (primary N) is 3. The van der Waals surface area contributed by atoms with E-state index in [1.54, 1.807) is 12.1 Å². The summed E-state index contributed by atoms with van der Waals surface area (Å²) in [5, 5.41) is 41.3. The fourth-order valence-electron chi connectivity index (χ4n) is 4.10. The Bertz CT molecular complexity index is 884. The van der Waals surface area contributed by atoms with Gasteiger partial charge in [-0.3, -0.25) is 9.59 Å². The van der Waals surface area contributed by atoms with Gasteiger partial charge in [-0.2, -0.15) is 0 Å². The number of alkyl carbamates (subject to hydrolysis) is 1. The second-order valence-electron chi connectivity index (χ2n) is 9.73. The standard InChI is InChI=1S/C16H22N2O5.C8H16N2O3.2CH4.ClH/c17-14(20)13(19)12(9-16(22)7-4-8-16)18-15(21)23-10-11-5-2-1-3-6-11;9-5(6(11)7(10)12)4-8(13)2-1-3-8;;;/h1-3,5-6,12-13,19,22H,4,7-10H2,(H2,17,20)(H,18,21);5-6,11,13H,1-4,9H2,(H2,10,12);2*1H4;1H. The smallest absolute Gasteiger partial charge is 0.407 e. The first-order chi connectivity index (χ1) is 16.8. The van der Waals surface area contributed by atoms with Gasteiger partial charge in [-0.15, -0.1) is 12.4 Å². The second kappa shape index (κ2) is 17.3. The molecule has 0 heterocycles. The summed E-state index contributed by atoms with van der Waals surface area (Å²) in [4.78, 5) is 33.6. The Kier molecular flexibility index (Phi) is 17.1. The molecule has 12 nitrogen and oxygen atoms in total. The molecule has 0 aromatic heterocycles. The first-order valence-corrected chi connectivity index (χ1v) is 12.0. The molecule has 11 N–H and O–H groups in total. The molecule has 0 bridgehead atoms. The third-order valence-electron chi connectivity index (χ3n) is 6.67. The number of halogens is 1. The minimum atomic E-state index is -1.58. The van der Waals surface area contributed by atoms with Gasteiger partial charge >= 0.3 is 6.09 Å². The van der Waals surface area contributed by atoms with E-state index in [0.717, 1.165) is 18.4 Å². The van der Waals surface area contributed by atoms with Gasteiger partial charge in [-0.05, 0) is 56.9 Å². The van der Waals surface area contributed by atoms with E-state index in [-0.39, 0.29) is 46.7 Å². The Morgan fingerprint density at radius 2 is 1.33 bits per heavy atom. The summed E-state index contributed by atoms with van der Waals surface area (Å²) < 4.78 is 5.06. The van der Waals surface area contributed by atoms with E-state index in [1.165, 1.54) is 0 Å². The summed E-state index contributed by atoms with van der Waals surface area (Å²) >= 11 is 0. The van der Waals surface area contributed by atoms with Gasteiger partial charge in [0.1, 0.15) is 12.7 Å². The van der Waals surface area contributed by atoms with Gasteiger partial charge in [0.05, 0.1) is 17.2 Å². The quantitative estimate of drug-likeness (QED) is 0.183. The van der Waals surface area contributed by atoms with Gasteiger partial charge in [0.25, 0.3) is 0 Å². The van der Waals surface area contributed by atoms with Crippen molar-refractivity contribution in [2.45, 2.75) is 108 Å². The molecular weight excluding hydrogens is 532 g/mol. The zero-order chi connectivity index (χ0) is 26.9. The summed E-state index contributed by atoms with van der Waals surface area (Å²) in [6.45, 7) is 0.0658. The van der Waals surface area contributed by atoms with Crippen LogP contribution >= 0.6 is 12.4 Å². The van der Waals surface area contributed by atoms with E-state index in [2.05, 4.69) is 5.32 Å². The highest BCUT2D eigenvalue weighted by Crippen LogP contribution is 2.36. The van der Waals surface area contributed by atoms with Crippen molar-refractivity contribution >= 4 is 30.3 Å². The fourth-order valence-corrected chi connectivity index (χ4v) is 4.10. The Labute approximate surface area is 236 Å². The summed E-state index contributed by atoms with van der Waals surface area (Å²) in [5.41, 5.74) is 14.5. The van der Waals surface area contributed by atoms with Crippen molar-refractivity contribution in [3.63, 3.8) is 0 Å². The molecule has 2 aliphatic carbocycles. The third kappa shape index (κ3) is 12.5. The SMILES string of the molecule is C.C.Cl.NC(=O)C(O)C(CC1(O)CCC1)NC(=O)OCc1ccccc1.NC(=O)C(O)C(N)CC1(O)CCC1. The number of rotatable bonds is 11. The number of primary amides is 2. The zero-order valence-electron chi connectivity index (χ0n) is 20.6. The van der Waals surface area contributed by atoms with Crippen LogP contribution in [-0.4, -0.2) is 73.8 Å². The molecule has 0 saturated heterocycles. The van der Waals surface area contributed by atoms with E-state index in [0.29, 0.717) is 25.7 Å². The van der Waals surface area contributed by atoms with Crippen LogP contribution in [0.15, 0.2) is 30.3 Å². The van der Waals surface area contributed by atoms with Crippen molar-refractivity contribution in [1.82, 2.24) is 5.32 Å². The van der Waals surface area contributed by atoms with Crippen LogP contribution in [0, 0.1) is 0 Å². The Morgan fingerprint density at radius 3 is 1.74 bits per heavy atom. The summed E-state index contributed by atoms with van der Waals surface area (Å²) in [7, 11) is 0. The molecule has 1 aromatic carbocycles. The second-order valence-corrected chi connectivity index (χ2v) is 9.73. The maximum atomic E-state index is 11.9. The molecule has 226 valence electrons. The van der Waals surface area contributed by atoms with E-state index in [1.807, 2.05) is 18.2 Å². The van der Waals surface area contributed by atoms with Crippen LogP contribution in [0.4, 0.5) is 4.79 Å². The number of benzene rings is 1. The van der Waals surface area contributed by atoms with Crippen LogP contribution in [0.25, 0.3) is 0 Å². The van der Waals surface area contributed by atoms with Crippen LogP contribution in [0.2, 0.25) is 0 Å².